The Kier molecular flexibility index (Phi) is 14.7. The van der Waals surface area contributed by atoms with E-state index >= 15 is 0 Å². The van der Waals surface area contributed by atoms with Crippen LogP contribution in [-0.2, 0) is 19.2 Å². The van der Waals surface area contributed by atoms with Crippen LogP contribution >= 0.6 is 11.8 Å². The van der Waals surface area contributed by atoms with Crippen LogP contribution in [0.5, 0.6) is 0 Å². The fourth-order valence-electron chi connectivity index (χ4n) is 5.13. The fraction of sp³-hybridized carbons (Fsp3) is 0.821. The number of carbonyl (C=O) groups is 5. The van der Waals surface area contributed by atoms with Gasteiger partial charge in [-0.25, -0.2) is 4.79 Å². The Hall–Kier alpha value is -2.30. The predicted octanol–water partition coefficient (Wildman–Crippen LogP) is 2.65. The standard InChI is InChI=1S/C28H49N5O5S/c1-5-19(6-2)15-24(36)32-25(18(3)4)27(37)30-20(16-34)11-9-10-14-29-23(35)13-8-7-12-22-26-21(17-39-22)31-28(38)33-26/h16,18-22,25-26H,5-15,17H2,1-4H3,(H,29,35)(H,30,37)(H,32,36)(H2,31,33,38)/t20-,21-,22-,25-,26-/m0/s1. The Bertz CT molecular complexity index is 822. The molecule has 10 nitrogen and oxygen atoms in total. The second kappa shape index (κ2) is 17.4. The molecule has 0 aromatic rings. The van der Waals surface area contributed by atoms with Crippen molar-refractivity contribution in [1.82, 2.24) is 26.6 Å². The third-order valence-electron chi connectivity index (χ3n) is 7.73. The number of rotatable bonds is 19. The second-order valence-corrected chi connectivity index (χ2v) is 12.4. The molecule has 0 aliphatic carbocycles. The highest BCUT2D eigenvalue weighted by molar-refractivity contribution is 8.00. The molecule has 0 aromatic heterocycles. The van der Waals surface area contributed by atoms with Gasteiger partial charge in [-0.15, -0.1) is 0 Å². The molecule has 5 atom stereocenters. The van der Waals surface area contributed by atoms with Gasteiger partial charge in [-0.1, -0.05) is 47.0 Å². The van der Waals surface area contributed by atoms with Gasteiger partial charge >= 0.3 is 6.03 Å². The number of fused-ring (bicyclic) bond motifs is 1. The average molecular weight is 568 g/mol. The first-order chi connectivity index (χ1) is 18.7. The van der Waals surface area contributed by atoms with Crippen molar-refractivity contribution in [2.45, 2.75) is 121 Å². The Balaban J connectivity index is 1.58. The van der Waals surface area contributed by atoms with Crippen LogP contribution in [0.15, 0.2) is 0 Å². The zero-order valence-corrected chi connectivity index (χ0v) is 24.9. The molecule has 39 heavy (non-hydrogen) atoms. The molecule has 5 N–H and O–H groups in total. The first kappa shape index (κ1) is 32.9. The van der Waals surface area contributed by atoms with Crippen LogP contribution < -0.4 is 26.6 Å². The molecule has 0 saturated carbocycles. The summed E-state index contributed by atoms with van der Waals surface area (Å²) >= 11 is 1.88. The Morgan fingerprint density at radius 1 is 1.03 bits per heavy atom. The Morgan fingerprint density at radius 2 is 1.77 bits per heavy atom. The van der Waals surface area contributed by atoms with Crippen molar-refractivity contribution in [3.05, 3.63) is 0 Å². The number of nitrogens with one attached hydrogen (secondary N) is 5. The predicted molar refractivity (Wildman–Crippen MR) is 154 cm³/mol. The number of aldehydes is 1. The van der Waals surface area contributed by atoms with Crippen molar-refractivity contribution in [3.8, 4) is 0 Å². The molecule has 2 heterocycles. The number of thioether (sulfide) groups is 1. The second-order valence-electron chi connectivity index (χ2n) is 11.1. The summed E-state index contributed by atoms with van der Waals surface area (Å²) in [5.41, 5.74) is 0. The summed E-state index contributed by atoms with van der Waals surface area (Å²) < 4.78 is 0. The summed E-state index contributed by atoms with van der Waals surface area (Å²) in [5.74, 6) is 0.673. The molecule has 222 valence electrons. The molecule has 2 aliphatic rings. The van der Waals surface area contributed by atoms with Gasteiger partial charge in [-0.05, 0) is 43.9 Å². The Labute approximate surface area is 237 Å². The van der Waals surface area contributed by atoms with Gasteiger partial charge in [-0.2, -0.15) is 11.8 Å². The maximum absolute atomic E-state index is 12.8. The summed E-state index contributed by atoms with van der Waals surface area (Å²) in [6.07, 6.45) is 8.03. The number of hydrogen-bond acceptors (Lipinski definition) is 6. The minimum Gasteiger partial charge on any atom is -0.356 e. The van der Waals surface area contributed by atoms with E-state index in [9.17, 15) is 24.0 Å². The molecular weight excluding hydrogens is 518 g/mol. The monoisotopic (exact) mass is 567 g/mol. The van der Waals surface area contributed by atoms with Crippen LogP contribution in [0, 0.1) is 11.8 Å². The van der Waals surface area contributed by atoms with Crippen LogP contribution in [0.25, 0.3) is 0 Å². The van der Waals surface area contributed by atoms with E-state index in [2.05, 4.69) is 40.4 Å². The van der Waals surface area contributed by atoms with Gasteiger partial charge < -0.3 is 31.4 Å². The molecule has 0 aromatic carbocycles. The van der Waals surface area contributed by atoms with Crippen molar-refractivity contribution < 1.29 is 24.0 Å². The van der Waals surface area contributed by atoms with Crippen molar-refractivity contribution >= 4 is 41.8 Å². The molecule has 0 bridgehead atoms. The molecule has 0 spiro atoms. The quantitative estimate of drug-likeness (QED) is 0.0922. The van der Waals surface area contributed by atoms with Gasteiger partial charge in [0.2, 0.25) is 17.7 Å². The van der Waals surface area contributed by atoms with Gasteiger partial charge in [0.05, 0.1) is 18.1 Å². The van der Waals surface area contributed by atoms with Crippen LogP contribution in [0.1, 0.15) is 91.9 Å². The lowest BCUT2D eigenvalue weighted by Gasteiger charge is -2.24. The van der Waals surface area contributed by atoms with E-state index in [-0.39, 0.29) is 41.8 Å². The number of urea groups is 1. The lowest BCUT2D eigenvalue weighted by molar-refractivity contribution is -0.131. The van der Waals surface area contributed by atoms with E-state index in [1.165, 1.54) is 0 Å². The summed E-state index contributed by atoms with van der Waals surface area (Å²) in [5, 5.41) is 14.9. The van der Waals surface area contributed by atoms with E-state index in [1.54, 1.807) is 0 Å². The highest BCUT2D eigenvalue weighted by Crippen LogP contribution is 2.33. The van der Waals surface area contributed by atoms with Crippen molar-refractivity contribution in [3.63, 3.8) is 0 Å². The highest BCUT2D eigenvalue weighted by atomic mass is 32.2. The lowest BCUT2D eigenvalue weighted by Crippen LogP contribution is -2.52. The SMILES string of the molecule is CCC(CC)CC(=O)N[C@H](C(=O)N[C@H](C=O)CCCCNC(=O)CCCC[C@@H]1SC[C@@H]2NC(=O)N[C@@H]21)C(C)C. The zero-order valence-electron chi connectivity index (χ0n) is 24.1. The Morgan fingerprint density at radius 3 is 2.44 bits per heavy atom. The minimum absolute atomic E-state index is 0.0203. The van der Waals surface area contributed by atoms with Crippen molar-refractivity contribution in [2.75, 3.05) is 12.3 Å². The van der Waals surface area contributed by atoms with E-state index in [4.69, 9.17) is 0 Å². The van der Waals surface area contributed by atoms with Crippen molar-refractivity contribution in [1.29, 1.82) is 0 Å². The molecule has 0 unspecified atom stereocenters. The average Bonchev–Trinajstić information content (AvgIpc) is 3.46. The fourth-order valence-corrected chi connectivity index (χ4v) is 6.68. The van der Waals surface area contributed by atoms with Gasteiger partial charge in [-0.3, -0.25) is 14.4 Å². The van der Waals surface area contributed by atoms with Crippen LogP contribution in [0.4, 0.5) is 4.79 Å². The third kappa shape index (κ3) is 11.4. The van der Waals surface area contributed by atoms with Crippen LogP contribution in [0.2, 0.25) is 0 Å². The molecular formula is C28H49N5O5S. The molecule has 0 radical (unpaired) electrons. The van der Waals surface area contributed by atoms with Crippen LogP contribution in [-0.4, -0.2) is 71.8 Å². The van der Waals surface area contributed by atoms with Crippen LogP contribution in [0.3, 0.4) is 0 Å². The summed E-state index contributed by atoms with van der Waals surface area (Å²) in [6.45, 7) is 8.37. The van der Waals surface area contributed by atoms with Crippen molar-refractivity contribution in [2.24, 2.45) is 11.8 Å². The number of hydrogen-bond donors (Lipinski definition) is 5. The summed E-state index contributed by atoms with van der Waals surface area (Å²) in [6, 6.07) is -0.961. The van der Waals surface area contributed by atoms with E-state index in [0.29, 0.717) is 49.8 Å². The van der Waals surface area contributed by atoms with E-state index in [1.807, 2.05) is 25.6 Å². The third-order valence-corrected chi connectivity index (χ3v) is 9.24. The molecule has 2 saturated heterocycles. The molecule has 2 aliphatic heterocycles. The van der Waals surface area contributed by atoms with E-state index in [0.717, 1.165) is 44.1 Å². The van der Waals surface area contributed by atoms with Gasteiger partial charge in [0, 0.05) is 30.4 Å². The molecule has 5 amide bonds. The maximum atomic E-state index is 12.8. The zero-order chi connectivity index (χ0) is 28.8. The number of carbonyl (C=O) groups excluding carboxylic acids is 5. The number of amides is 5. The van der Waals surface area contributed by atoms with Gasteiger partial charge in [0.25, 0.3) is 0 Å². The first-order valence-electron chi connectivity index (χ1n) is 14.7. The molecule has 2 fully saturated rings. The van der Waals surface area contributed by atoms with Gasteiger partial charge in [0.15, 0.2) is 0 Å². The maximum Gasteiger partial charge on any atom is 0.315 e. The molecule has 2 rings (SSSR count). The highest BCUT2D eigenvalue weighted by Gasteiger charge is 2.42. The molecule has 11 heteroatoms. The summed E-state index contributed by atoms with van der Waals surface area (Å²) in [7, 11) is 0. The minimum atomic E-state index is -0.684. The smallest absolute Gasteiger partial charge is 0.315 e. The number of unbranched alkanes of at least 4 members (excludes halogenated alkanes) is 2. The summed E-state index contributed by atoms with van der Waals surface area (Å²) in [4.78, 5) is 60.4. The first-order valence-corrected chi connectivity index (χ1v) is 15.7. The largest absolute Gasteiger partial charge is 0.356 e. The lowest BCUT2D eigenvalue weighted by atomic mass is 9.97. The van der Waals surface area contributed by atoms with Gasteiger partial charge in [0.1, 0.15) is 12.3 Å². The normalized spacial score (nSPS) is 21.6. The van der Waals surface area contributed by atoms with E-state index < -0.39 is 12.1 Å². The topological polar surface area (TPSA) is 146 Å².